The second kappa shape index (κ2) is 11.7. The molecule has 1 aromatic carbocycles. The van der Waals surface area contributed by atoms with Gasteiger partial charge in [0.15, 0.2) is 22.9 Å². The minimum Gasteiger partial charge on any atom is -0.413 e. The van der Waals surface area contributed by atoms with Crippen molar-refractivity contribution in [2.75, 3.05) is 0 Å². The fraction of sp³-hybridized carbons (Fsp3) is 0.733. The molecule has 1 N–H and O–H groups in total. The van der Waals surface area contributed by atoms with Crippen molar-refractivity contribution in [3.05, 3.63) is 46.5 Å². The molecular formula is C30H51BrO4Si2. The van der Waals surface area contributed by atoms with Crippen LogP contribution in [0.15, 0.2) is 40.9 Å². The van der Waals surface area contributed by atoms with Crippen molar-refractivity contribution in [3.8, 4) is 0 Å². The van der Waals surface area contributed by atoms with Gasteiger partial charge in [0.1, 0.15) is 0 Å². The van der Waals surface area contributed by atoms with E-state index in [9.17, 15) is 5.11 Å². The number of halogens is 1. The first-order valence-corrected chi connectivity index (χ1v) is 20.6. The third-order valence-corrected chi connectivity index (χ3v) is 18.8. The first-order chi connectivity index (χ1) is 16.9. The van der Waals surface area contributed by atoms with Crippen molar-refractivity contribution in [1.29, 1.82) is 0 Å². The zero-order valence-corrected chi connectivity index (χ0v) is 28.4. The molecule has 0 amide bonds. The second-order valence-electron chi connectivity index (χ2n) is 14.2. The van der Waals surface area contributed by atoms with Gasteiger partial charge in [-0.25, -0.2) is 0 Å². The Morgan fingerprint density at radius 3 is 2.30 bits per heavy atom. The van der Waals surface area contributed by atoms with E-state index in [4.69, 9.17) is 13.6 Å². The van der Waals surface area contributed by atoms with Crippen LogP contribution in [0.5, 0.6) is 0 Å². The van der Waals surface area contributed by atoms with Crippen molar-refractivity contribution < 1.29 is 18.7 Å². The summed E-state index contributed by atoms with van der Waals surface area (Å²) in [5.41, 5.74) is 1.32. The van der Waals surface area contributed by atoms with Crippen LogP contribution in [-0.2, 0) is 20.0 Å². The summed E-state index contributed by atoms with van der Waals surface area (Å²) < 4.78 is 21.0. The highest BCUT2D eigenvalue weighted by atomic mass is 79.9. The predicted molar refractivity (Wildman–Crippen MR) is 163 cm³/mol. The number of ether oxygens (including phenoxy) is 1. The van der Waals surface area contributed by atoms with E-state index in [1.54, 1.807) is 0 Å². The van der Waals surface area contributed by atoms with Crippen molar-refractivity contribution in [3.63, 3.8) is 0 Å². The zero-order valence-electron chi connectivity index (χ0n) is 24.8. The molecule has 1 aromatic rings. The highest BCUT2D eigenvalue weighted by molar-refractivity contribution is 9.10. The summed E-state index contributed by atoms with van der Waals surface area (Å²) >= 11 is 3.61. The average molecular weight is 612 g/mol. The smallest absolute Gasteiger partial charge is 0.192 e. The predicted octanol–water partition coefficient (Wildman–Crippen LogP) is 8.46. The van der Waals surface area contributed by atoms with Gasteiger partial charge in [-0.3, -0.25) is 0 Å². The van der Waals surface area contributed by atoms with Gasteiger partial charge in [0, 0.05) is 16.8 Å². The molecule has 210 valence electrons. The molecule has 4 nitrogen and oxygen atoms in total. The highest BCUT2D eigenvalue weighted by Gasteiger charge is 2.51. The monoisotopic (exact) mass is 610 g/mol. The van der Waals surface area contributed by atoms with Gasteiger partial charge in [0.25, 0.3) is 0 Å². The van der Waals surface area contributed by atoms with E-state index < -0.39 is 22.9 Å². The van der Waals surface area contributed by atoms with Crippen LogP contribution in [0.2, 0.25) is 36.3 Å². The van der Waals surface area contributed by atoms with Crippen LogP contribution < -0.4 is 0 Å². The molecule has 7 heteroatoms. The summed E-state index contributed by atoms with van der Waals surface area (Å²) in [6.07, 6.45) is 7.70. The minimum atomic E-state index is -1.96. The molecule has 0 radical (unpaired) electrons. The standard InChI is InChI=1S/C30H51BrO4Si2/c1-29(2,3)36(7,8)34-23(15-14-21-12-11-13-22(31)18-21)16-17-24-25-19-28(32)33-26(25)20-27(24)35-37(9,10)30(4,5)6/h11-13,16-18,23-28,32H,14-15,19-20H2,1-10H3/b17-16+/t23-,24+,25+,26-,27+,28?/m0/s1. The van der Waals surface area contributed by atoms with Crippen molar-refractivity contribution in [2.45, 2.75) is 128 Å². The topological polar surface area (TPSA) is 47.9 Å². The number of aliphatic hydroxyl groups excluding tert-OH is 1. The SMILES string of the molecule is CC(C)(C)[Si](C)(C)O[C@H](/C=C/[C@@H]1[C@H]2CC(O)O[C@H]2C[C@H]1O[Si](C)(C)C(C)(C)C)CCc1cccc(Br)c1. The Morgan fingerprint density at radius 2 is 1.70 bits per heavy atom. The fourth-order valence-electron chi connectivity index (χ4n) is 4.99. The van der Waals surface area contributed by atoms with E-state index in [1.807, 2.05) is 0 Å². The van der Waals surface area contributed by atoms with Crippen LogP contribution in [-0.4, -0.2) is 46.3 Å². The van der Waals surface area contributed by atoms with Crippen molar-refractivity contribution in [2.24, 2.45) is 11.8 Å². The summed E-state index contributed by atoms with van der Waals surface area (Å²) in [6.45, 7) is 23.1. The molecule has 0 spiro atoms. The summed E-state index contributed by atoms with van der Waals surface area (Å²) in [7, 11) is -3.90. The summed E-state index contributed by atoms with van der Waals surface area (Å²) in [6, 6.07) is 8.57. The molecule has 1 heterocycles. The third-order valence-electron chi connectivity index (χ3n) is 9.33. The molecule has 0 aromatic heterocycles. The quantitative estimate of drug-likeness (QED) is 0.225. The Balaban J connectivity index is 1.85. The Hall–Kier alpha value is -0.286. The van der Waals surface area contributed by atoms with Crippen LogP contribution in [0.3, 0.4) is 0 Å². The lowest BCUT2D eigenvalue weighted by Gasteiger charge is -2.40. The molecule has 1 saturated heterocycles. The van der Waals surface area contributed by atoms with Gasteiger partial charge < -0.3 is 18.7 Å². The average Bonchev–Trinajstić information content (AvgIpc) is 3.23. The van der Waals surface area contributed by atoms with E-state index in [0.717, 1.165) is 23.7 Å². The number of hydrogen-bond donors (Lipinski definition) is 1. The minimum absolute atomic E-state index is 0.0414. The second-order valence-corrected chi connectivity index (χ2v) is 24.7. The Kier molecular flexibility index (Phi) is 9.86. The van der Waals surface area contributed by atoms with Gasteiger partial charge in [-0.05, 0) is 79.1 Å². The maximum Gasteiger partial charge on any atom is 0.192 e. The van der Waals surface area contributed by atoms with Crippen LogP contribution in [0.1, 0.15) is 66.4 Å². The fourth-order valence-corrected chi connectivity index (χ4v) is 8.11. The molecule has 1 aliphatic heterocycles. The number of rotatable bonds is 9. The molecule has 37 heavy (non-hydrogen) atoms. The van der Waals surface area contributed by atoms with E-state index in [2.05, 4.69) is 120 Å². The van der Waals surface area contributed by atoms with Crippen LogP contribution in [0.25, 0.3) is 0 Å². The maximum absolute atomic E-state index is 10.3. The molecule has 6 atom stereocenters. The number of aliphatic hydroxyl groups is 1. The summed E-state index contributed by atoms with van der Waals surface area (Å²) in [5.74, 6) is 0.521. The molecular weight excluding hydrogens is 560 g/mol. The molecule has 2 fully saturated rings. The Bertz CT molecular complexity index is 934. The van der Waals surface area contributed by atoms with Crippen molar-refractivity contribution in [1.82, 2.24) is 0 Å². The first-order valence-electron chi connectivity index (χ1n) is 14.0. The molecule has 1 saturated carbocycles. The maximum atomic E-state index is 10.3. The molecule has 3 rings (SSSR count). The largest absolute Gasteiger partial charge is 0.413 e. The first kappa shape index (κ1) is 31.2. The normalized spacial score (nSPS) is 28.2. The van der Waals surface area contributed by atoms with Crippen molar-refractivity contribution >= 4 is 32.6 Å². The Labute approximate surface area is 236 Å². The van der Waals surface area contributed by atoms with E-state index in [0.29, 0.717) is 12.3 Å². The van der Waals surface area contributed by atoms with Gasteiger partial charge in [0.2, 0.25) is 0 Å². The zero-order chi connectivity index (χ0) is 27.8. The van der Waals surface area contributed by atoms with E-state index >= 15 is 0 Å². The molecule has 0 bridgehead atoms. The Morgan fingerprint density at radius 1 is 1.05 bits per heavy atom. The van der Waals surface area contributed by atoms with E-state index in [1.165, 1.54) is 5.56 Å². The number of hydrogen-bond acceptors (Lipinski definition) is 4. The molecule has 1 unspecified atom stereocenters. The lowest BCUT2D eigenvalue weighted by atomic mass is 9.91. The molecule has 1 aliphatic carbocycles. The lowest BCUT2D eigenvalue weighted by molar-refractivity contribution is -0.0945. The number of aryl methyl sites for hydroxylation is 1. The van der Waals surface area contributed by atoms with Crippen LogP contribution >= 0.6 is 15.9 Å². The lowest BCUT2D eigenvalue weighted by Crippen LogP contribution is -2.45. The highest BCUT2D eigenvalue weighted by Crippen LogP contribution is 2.48. The van der Waals surface area contributed by atoms with Gasteiger partial charge in [0.05, 0.1) is 18.3 Å². The van der Waals surface area contributed by atoms with Gasteiger partial charge in [-0.15, -0.1) is 0 Å². The summed E-state index contributed by atoms with van der Waals surface area (Å²) in [4.78, 5) is 0. The van der Waals surface area contributed by atoms with Crippen LogP contribution in [0, 0.1) is 11.8 Å². The number of benzene rings is 1. The van der Waals surface area contributed by atoms with Crippen LogP contribution in [0.4, 0.5) is 0 Å². The van der Waals surface area contributed by atoms with Gasteiger partial charge in [-0.1, -0.05) is 81.8 Å². The number of fused-ring (bicyclic) bond motifs is 1. The van der Waals surface area contributed by atoms with Gasteiger partial charge >= 0.3 is 0 Å². The third kappa shape index (κ3) is 7.89. The molecule has 2 aliphatic rings. The van der Waals surface area contributed by atoms with Gasteiger partial charge in [-0.2, -0.15) is 0 Å². The summed E-state index contributed by atoms with van der Waals surface area (Å²) in [5, 5.41) is 10.5. The van der Waals surface area contributed by atoms with E-state index in [-0.39, 0.29) is 34.3 Å².